The fraction of sp³-hybridized carbons (Fsp3) is 0.455. The molecular weight excluding hydrogens is 244 g/mol. The fourth-order valence-corrected chi connectivity index (χ4v) is 1.50. The van der Waals surface area contributed by atoms with Crippen molar-refractivity contribution in [3.63, 3.8) is 0 Å². The molecule has 1 rings (SSSR count). The van der Waals surface area contributed by atoms with Gasteiger partial charge in [0.05, 0.1) is 13.7 Å². The maximum atomic E-state index is 5.46. The molecule has 0 heterocycles. The Morgan fingerprint density at radius 3 is 2.79 bits per heavy atom. The summed E-state index contributed by atoms with van der Waals surface area (Å²) in [4.78, 5) is 0. The van der Waals surface area contributed by atoms with Gasteiger partial charge in [-0.25, -0.2) is 0 Å². The van der Waals surface area contributed by atoms with Crippen molar-refractivity contribution < 1.29 is 9.47 Å². The summed E-state index contributed by atoms with van der Waals surface area (Å²) in [5.74, 6) is 0.871. The first-order chi connectivity index (χ1) is 6.77. The summed E-state index contributed by atoms with van der Waals surface area (Å²) >= 11 is 3.40. The van der Waals surface area contributed by atoms with Gasteiger partial charge >= 0.3 is 0 Å². The lowest BCUT2D eigenvalue weighted by Gasteiger charge is -2.08. The highest BCUT2D eigenvalue weighted by atomic mass is 79.9. The van der Waals surface area contributed by atoms with Gasteiger partial charge in [-0.15, -0.1) is 0 Å². The molecular formula is C11H15BrO2. The summed E-state index contributed by atoms with van der Waals surface area (Å²) in [6, 6.07) is 5.95. The molecule has 3 heteroatoms. The third-order valence-electron chi connectivity index (χ3n) is 1.86. The van der Waals surface area contributed by atoms with E-state index in [9.17, 15) is 0 Å². The van der Waals surface area contributed by atoms with Gasteiger partial charge in [0.2, 0.25) is 0 Å². The molecule has 0 unspecified atom stereocenters. The molecule has 0 saturated heterocycles. The Balaban J connectivity index is 2.65. The summed E-state index contributed by atoms with van der Waals surface area (Å²) in [7, 11) is 1.67. The van der Waals surface area contributed by atoms with Crippen molar-refractivity contribution >= 4 is 15.9 Å². The van der Waals surface area contributed by atoms with Crippen LogP contribution >= 0.6 is 15.9 Å². The van der Waals surface area contributed by atoms with Gasteiger partial charge in [0.15, 0.2) is 0 Å². The van der Waals surface area contributed by atoms with Gasteiger partial charge in [-0.2, -0.15) is 0 Å². The zero-order chi connectivity index (χ0) is 10.4. The first kappa shape index (κ1) is 11.5. The molecule has 0 fully saturated rings. The molecule has 1 aromatic rings. The summed E-state index contributed by atoms with van der Waals surface area (Å²) in [6.45, 7) is 3.50. The molecule has 1 aromatic carbocycles. The second-order valence-electron chi connectivity index (χ2n) is 3.01. The third kappa shape index (κ3) is 3.31. The zero-order valence-electron chi connectivity index (χ0n) is 8.55. The second kappa shape index (κ2) is 6.04. The first-order valence-corrected chi connectivity index (χ1v) is 5.47. The number of hydrogen-bond donors (Lipinski definition) is 0. The Hall–Kier alpha value is -0.540. The number of benzene rings is 1. The van der Waals surface area contributed by atoms with Crippen LogP contribution in [0.5, 0.6) is 5.75 Å². The molecule has 78 valence electrons. The number of hydrogen-bond acceptors (Lipinski definition) is 2. The summed E-state index contributed by atoms with van der Waals surface area (Å²) in [6.07, 6.45) is 1.04. The quantitative estimate of drug-likeness (QED) is 0.754. The maximum Gasteiger partial charge on any atom is 0.125 e. The van der Waals surface area contributed by atoms with Crippen LogP contribution in [0.4, 0.5) is 0 Å². The van der Waals surface area contributed by atoms with Crippen LogP contribution in [0.2, 0.25) is 0 Å². The van der Waals surface area contributed by atoms with Crippen LogP contribution in [0.1, 0.15) is 18.9 Å². The number of ether oxygens (including phenoxy) is 2. The third-order valence-corrected chi connectivity index (χ3v) is 2.35. The maximum absolute atomic E-state index is 5.46. The van der Waals surface area contributed by atoms with Crippen LogP contribution in [0.25, 0.3) is 0 Å². The number of methoxy groups -OCH3 is 1. The van der Waals surface area contributed by atoms with E-state index >= 15 is 0 Å². The minimum absolute atomic E-state index is 0.615. The molecule has 0 atom stereocenters. The van der Waals surface area contributed by atoms with Crippen molar-refractivity contribution in [1.29, 1.82) is 0 Å². The fourth-order valence-electron chi connectivity index (χ4n) is 1.16. The Morgan fingerprint density at radius 2 is 2.14 bits per heavy atom. The van der Waals surface area contributed by atoms with E-state index in [0.717, 1.165) is 28.8 Å². The average Bonchev–Trinajstić information content (AvgIpc) is 2.20. The molecule has 14 heavy (non-hydrogen) atoms. The van der Waals surface area contributed by atoms with Crippen molar-refractivity contribution in [3.05, 3.63) is 28.2 Å². The van der Waals surface area contributed by atoms with Gasteiger partial charge in [0.25, 0.3) is 0 Å². The van der Waals surface area contributed by atoms with E-state index in [1.165, 1.54) is 0 Å². The van der Waals surface area contributed by atoms with Gasteiger partial charge in [-0.3, -0.25) is 0 Å². The first-order valence-electron chi connectivity index (χ1n) is 4.68. The van der Waals surface area contributed by atoms with Crippen LogP contribution in [0.15, 0.2) is 22.7 Å². The Bertz CT molecular complexity index is 287. The normalized spacial score (nSPS) is 10.2. The zero-order valence-corrected chi connectivity index (χ0v) is 10.1. The van der Waals surface area contributed by atoms with Crippen molar-refractivity contribution in [3.8, 4) is 5.75 Å². The lowest BCUT2D eigenvalue weighted by molar-refractivity contribution is 0.119. The molecule has 0 N–H and O–H groups in total. The van der Waals surface area contributed by atoms with Crippen molar-refractivity contribution in [2.45, 2.75) is 20.0 Å². The summed E-state index contributed by atoms with van der Waals surface area (Å²) in [5, 5.41) is 0. The molecule has 0 saturated carbocycles. The molecule has 0 aliphatic heterocycles. The van der Waals surface area contributed by atoms with E-state index in [0.29, 0.717) is 6.61 Å². The standard InChI is InChI=1S/C11H15BrO2/c1-3-6-14-8-9-4-5-10(12)7-11(9)13-2/h4-5,7H,3,6,8H2,1-2H3. The number of rotatable bonds is 5. The molecule has 0 aliphatic carbocycles. The molecule has 0 radical (unpaired) electrons. The van der Waals surface area contributed by atoms with E-state index in [1.807, 2.05) is 18.2 Å². The number of halogens is 1. The highest BCUT2D eigenvalue weighted by Gasteiger charge is 2.02. The van der Waals surface area contributed by atoms with Gasteiger partial charge in [-0.1, -0.05) is 28.9 Å². The molecule has 0 bridgehead atoms. The molecule has 0 amide bonds. The molecule has 0 spiro atoms. The van der Waals surface area contributed by atoms with Crippen molar-refractivity contribution in [2.75, 3.05) is 13.7 Å². The summed E-state index contributed by atoms with van der Waals surface area (Å²) in [5.41, 5.74) is 1.09. The van der Waals surface area contributed by atoms with Crippen LogP contribution in [0.3, 0.4) is 0 Å². The van der Waals surface area contributed by atoms with Gasteiger partial charge < -0.3 is 9.47 Å². The SMILES string of the molecule is CCCOCc1ccc(Br)cc1OC. The molecule has 0 aromatic heterocycles. The Kier molecular flexibility index (Phi) is 4.98. The largest absolute Gasteiger partial charge is 0.496 e. The Morgan fingerprint density at radius 1 is 1.36 bits per heavy atom. The Labute approximate surface area is 93.4 Å². The van der Waals surface area contributed by atoms with Crippen LogP contribution in [0, 0.1) is 0 Å². The predicted octanol–water partition coefficient (Wildman–Crippen LogP) is 3.38. The molecule has 0 aliphatic rings. The highest BCUT2D eigenvalue weighted by Crippen LogP contribution is 2.23. The van der Waals surface area contributed by atoms with Gasteiger partial charge in [-0.05, 0) is 18.6 Å². The lowest BCUT2D eigenvalue weighted by Crippen LogP contribution is -1.97. The lowest BCUT2D eigenvalue weighted by atomic mass is 10.2. The predicted molar refractivity (Wildman–Crippen MR) is 60.6 cm³/mol. The van der Waals surface area contributed by atoms with Gasteiger partial charge in [0.1, 0.15) is 5.75 Å². The van der Waals surface area contributed by atoms with Crippen molar-refractivity contribution in [1.82, 2.24) is 0 Å². The monoisotopic (exact) mass is 258 g/mol. The minimum atomic E-state index is 0.615. The van der Waals surface area contributed by atoms with E-state index < -0.39 is 0 Å². The van der Waals surface area contributed by atoms with E-state index in [2.05, 4.69) is 22.9 Å². The van der Waals surface area contributed by atoms with Gasteiger partial charge in [0, 0.05) is 16.6 Å². The summed E-state index contributed by atoms with van der Waals surface area (Å²) < 4.78 is 11.7. The van der Waals surface area contributed by atoms with E-state index in [1.54, 1.807) is 7.11 Å². The smallest absolute Gasteiger partial charge is 0.125 e. The average molecular weight is 259 g/mol. The topological polar surface area (TPSA) is 18.5 Å². The van der Waals surface area contributed by atoms with E-state index in [-0.39, 0.29) is 0 Å². The van der Waals surface area contributed by atoms with Crippen LogP contribution < -0.4 is 4.74 Å². The minimum Gasteiger partial charge on any atom is -0.496 e. The van der Waals surface area contributed by atoms with Crippen LogP contribution in [-0.2, 0) is 11.3 Å². The van der Waals surface area contributed by atoms with Crippen LogP contribution in [-0.4, -0.2) is 13.7 Å². The van der Waals surface area contributed by atoms with E-state index in [4.69, 9.17) is 9.47 Å². The highest BCUT2D eigenvalue weighted by molar-refractivity contribution is 9.10. The second-order valence-corrected chi connectivity index (χ2v) is 3.92. The molecule has 2 nitrogen and oxygen atoms in total. The van der Waals surface area contributed by atoms with Crippen molar-refractivity contribution in [2.24, 2.45) is 0 Å².